The molecule has 1 rings (SSSR count). The molecule has 0 aliphatic carbocycles. The lowest BCUT2D eigenvalue weighted by Crippen LogP contribution is -2.24. The van der Waals surface area contributed by atoms with E-state index in [0.717, 1.165) is 6.54 Å². The molecule has 1 aromatic rings. The fourth-order valence-electron chi connectivity index (χ4n) is 1.99. The second kappa shape index (κ2) is 7.78. The lowest BCUT2D eigenvalue weighted by atomic mass is 10.00. The molecule has 96 valence electrons. The molecule has 0 heterocycles. The molecule has 1 atom stereocenters. The Bertz CT molecular complexity index is 336. The van der Waals surface area contributed by atoms with E-state index in [-0.39, 0.29) is 0 Å². The van der Waals surface area contributed by atoms with Gasteiger partial charge < -0.3 is 5.32 Å². The maximum Gasteiger partial charge on any atom is 0.0414 e. The third-order valence-electron chi connectivity index (χ3n) is 2.89. The highest BCUT2D eigenvalue weighted by molar-refractivity contribution is 7.99. The summed E-state index contributed by atoms with van der Waals surface area (Å²) in [5, 5.41) is 3.61. The zero-order valence-corrected chi connectivity index (χ0v) is 12.4. The number of aryl methyl sites for hydroxylation is 2. The van der Waals surface area contributed by atoms with Crippen molar-refractivity contribution in [2.45, 2.75) is 40.2 Å². The van der Waals surface area contributed by atoms with E-state index in [0.29, 0.717) is 6.04 Å². The molecule has 0 aliphatic rings. The van der Waals surface area contributed by atoms with Crippen molar-refractivity contribution in [2.75, 3.05) is 18.1 Å². The van der Waals surface area contributed by atoms with Gasteiger partial charge in [0.2, 0.25) is 0 Å². The first-order valence-corrected chi connectivity index (χ1v) is 7.72. The number of nitrogens with one attached hydrogen (secondary N) is 1. The quantitative estimate of drug-likeness (QED) is 0.732. The summed E-state index contributed by atoms with van der Waals surface area (Å²) in [5.41, 5.74) is 4.23. The smallest absolute Gasteiger partial charge is 0.0414 e. The summed E-state index contributed by atoms with van der Waals surface area (Å²) < 4.78 is 0. The topological polar surface area (TPSA) is 12.0 Å². The normalized spacial score (nSPS) is 12.7. The van der Waals surface area contributed by atoms with Crippen molar-refractivity contribution in [1.82, 2.24) is 5.32 Å². The standard InChI is InChI=1S/C15H25NS/c1-5-9-17-11-15(16-6-2)14-10-12(3)7-8-13(14)4/h7-8,10,15-16H,5-6,9,11H2,1-4H3. The van der Waals surface area contributed by atoms with Gasteiger partial charge in [-0.25, -0.2) is 0 Å². The molecule has 0 saturated carbocycles. The van der Waals surface area contributed by atoms with Crippen LogP contribution in [0.3, 0.4) is 0 Å². The van der Waals surface area contributed by atoms with Crippen molar-refractivity contribution >= 4 is 11.8 Å². The van der Waals surface area contributed by atoms with Crippen molar-refractivity contribution < 1.29 is 0 Å². The number of thioether (sulfide) groups is 1. The van der Waals surface area contributed by atoms with E-state index in [4.69, 9.17) is 0 Å². The van der Waals surface area contributed by atoms with Crippen LogP contribution >= 0.6 is 11.8 Å². The van der Waals surface area contributed by atoms with E-state index in [1.807, 2.05) is 11.8 Å². The van der Waals surface area contributed by atoms with Crippen LogP contribution in [0.15, 0.2) is 18.2 Å². The first-order chi connectivity index (χ1) is 8.19. The number of hydrogen-bond acceptors (Lipinski definition) is 2. The fraction of sp³-hybridized carbons (Fsp3) is 0.600. The van der Waals surface area contributed by atoms with Crippen LogP contribution in [-0.2, 0) is 0 Å². The SMILES string of the molecule is CCCSCC(NCC)c1cc(C)ccc1C. The first kappa shape index (κ1) is 14.6. The fourth-order valence-corrected chi connectivity index (χ4v) is 2.97. The Morgan fingerprint density at radius 3 is 2.65 bits per heavy atom. The van der Waals surface area contributed by atoms with Crippen molar-refractivity contribution in [2.24, 2.45) is 0 Å². The van der Waals surface area contributed by atoms with Gasteiger partial charge in [-0.15, -0.1) is 0 Å². The van der Waals surface area contributed by atoms with Crippen molar-refractivity contribution in [3.8, 4) is 0 Å². The zero-order valence-electron chi connectivity index (χ0n) is 11.5. The molecule has 1 unspecified atom stereocenters. The average molecular weight is 251 g/mol. The molecule has 1 N–H and O–H groups in total. The molecule has 0 amide bonds. The largest absolute Gasteiger partial charge is 0.310 e. The van der Waals surface area contributed by atoms with Gasteiger partial charge in [0, 0.05) is 11.8 Å². The van der Waals surface area contributed by atoms with Crippen LogP contribution in [0.25, 0.3) is 0 Å². The first-order valence-electron chi connectivity index (χ1n) is 6.57. The van der Waals surface area contributed by atoms with E-state index in [1.165, 1.54) is 34.6 Å². The van der Waals surface area contributed by atoms with Crippen LogP contribution in [0.1, 0.15) is 43.0 Å². The van der Waals surface area contributed by atoms with Crippen LogP contribution < -0.4 is 5.32 Å². The van der Waals surface area contributed by atoms with Gasteiger partial charge in [0.15, 0.2) is 0 Å². The number of hydrogen-bond donors (Lipinski definition) is 1. The van der Waals surface area contributed by atoms with E-state index in [1.54, 1.807) is 0 Å². The van der Waals surface area contributed by atoms with Crippen molar-refractivity contribution in [1.29, 1.82) is 0 Å². The highest BCUT2D eigenvalue weighted by Gasteiger charge is 2.12. The Labute approximate surface area is 110 Å². The minimum atomic E-state index is 0.497. The van der Waals surface area contributed by atoms with Gasteiger partial charge in [-0.1, -0.05) is 37.6 Å². The minimum absolute atomic E-state index is 0.497. The molecule has 0 bridgehead atoms. The third-order valence-corrected chi connectivity index (χ3v) is 4.16. The molecule has 0 spiro atoms. The van der Waals surface area contributed by atoms with Crippen LogP contribution in [0.5, 0.6) is 0 Å². The lowest BCUT2D eigenvalue weighted by molar-refractivity contribution is 0.602. The molecular formula is C15H25NS. The van der Waals surface area contributed by atoms with Gasteiger partial charge in [0.25, 0.3) is 0 Å². The van der Waals surface area contributed by atoms with E-state index in [2.05, 4.69) is 51.2 Å². The molecule has 1 aromatic carbocycles. The highest BCUT2D eigenvalue weighted by atomic mass is 32.2. The maximum atomic E-state index is 3.61. The van der Waals surface area contributed by atoms with Crippen LogP contribution in [0, 0.1) is 13.8 Å². The Morgan fingerprint density at radius 1 is 1.24 bits per heavy atom. The van der Waals surface area contributed by atoms with Gasteiger partial charge in [-0.05, 0) is 43.7 Å². The van der Waals surface area contributed by atoms with E-state index in [9.17, 15) is 0 Å². The molecule has 0 fully saturated rings. The van der Waals surface area contributed by atoms with Crippen LogP contribution in [0.4, 0.5) is 0 Å². The van der Waals surface area contributed by atoms with Crippen molar-refractivity contribution in [3.63, 3.8) is 0 Å². The molecule has 1 nitrogen and oxygen atoms in total. The molecule has 0 aromatic heterocycles. The average Bonchev–Trinajstić information content (AvgIpc) is 2.32. The minimum Gasteiger partial charge on any atom is -0.310 e. The Kier molecular flexibility index (Phi) is 6.68. The summed E-state index contributed by atoms with van der Waals surface area (Å²) >= 11 is 2.05. The molecule has 0 aliphatic heterocycles. The summed E-state index contributed by atoms with van der Waals surface area (Å²) in [7, 11) is 0. The lowest BCUT2D eigenvalue weighted by Gasteiger charge is -2.20. The predicted molar refractivity (Wildman–Crippen MR) is 79.9 cm³/mol. The van der Waals surface area contributed by atoms with Gasteiger partial charge >= 0.3 is 0 Å². The predicted octanol–water partition coefficient (Wildman–Crippen LogP) is 4.10. The second-order valence-corrected chi connectivity index (χ2v) is 5.70. The summed E-state index contributed by atoms with van der Waals surface area (Å²) in [6.45, 7) is 9.84. The molecular weight excluding hydrogens is 226 g/mol. The number of rotatable bonds is 7. The summed E-state index contributed by atoms with van der Waals surface area (Å²) in [5.74, 6) is 2.43. The van der Waals surface area contributed by atoms with Crippen molar-refractivity contribution in [3.05, 3.63) is 34.9 Å². The Hall–Kier alpha value is -0.470. The summed E-state index contributed by atoms with van der Waals surface area (Å²) in [6.07, 6.45) is 1.26. The molecule has 0 saturated heterocycles. The third kappa shape index (κ3) is 4.72. The Morgan fingerprint density at radius 2 is 2.00 bits per heavy atom. The highest BCUT2D eigenvalue weighted by Crippen LogP contribution is 2.23. The zero-order chi connectivity index (χ0) is 12.7. The van der Waals surface area contributed by atoms with E-state index >= 15 is 0 Å². The molecule has 0 radical (unpaired) electrons. The van der Waals surface area contributed by atoms with E-state index < -0.39 is 0 Å². The maximum absolute atomic E-state index is 3.61. The number of benzene rings is 1. The van der Waals surface area contributed by atoms with Crippen LogP contribution in [-0.4, -0.2) is 18.1 Å². The summed E-state index contributed by atoms with van der Waals surface area (Å²) in [4.78, 5) is 0. The molecule has 2 heteroatoms. The monoisotopic (exact) mass is 251 g/mol. The van der Waals surface area contributed by atoms with Gasteiger partial charge in [-0.2, -0.15) is 11.8 Å². The second-order valence-electron chi connectivity index (χ2n) is 4.55. The van der Waals surface area contributed by atoms with Gasteiger partial charge in [0.05, 0.1) is 0 Å². The summed E-state index contributed by atoms with van der Waals surface area (Å²) in [6, 6.07) is 7.26. The van der Waals surface area contributed by atoms with Crippen LogP contribution in [0.2, 0.25) is 0 Å². The Balaban J connectivity index is 2.77. The van der Waals surface area contributed by atoms with Gasteiger partial charge in [0.1, 0.15) is 0 Å². The van der Waals surface area contributed by atoms with Gasteiger partial charge in [-0.3, -0.25) is 0 Å². The molecule has 17 heavy (non-hydrogen) atoms.